The van der Waals surface area contributed by atoms with E-state index in [1.54, 1.807) is 0 Å². The van der Waals surface area contributed by atoms with Crippen molar-refractivity contribution in [3.63, 3.8) is 0 Å². The first-order valence-electron chi connectivity index (χ1n) is 19.1. The summed E-state index contributed by atoms with van der Waals surface area (Å²) in [5.74, 6) is 1.82. The van der Waals surface area contributed by atoms with E-state index < -0.39 is 0 Å². The summed E-state index contributed by atoms with van der Waals surface area (Å²) >= 11 is 0. The molecule has 0 atom stereocenters. The van der Waals surface area contributed by atoms with Crippen LogP contribution >= 0.6 is 0 Å². The van der Waals surface area contributed by atoms with Crippen molar-refractivity contribution in [2.45, 2.75) is 0 Å². The number of benzene rings is 8. The Morgan fingerprint density at radius 2 is 0.930 bits per heavy atom. The molecule has 0 unspecified atom stereocenters. The Balaban J connectivity index is 1.11. The lowest BCUT2D eigenvalue weighted by Gasteiger charge is -2.13. The molecular formula is C51H31N5O. The molecule has 4 heterocycles. The Morgan fingerprint density at radius 3 is 1.67 bits per heavy atom. The number of hydrogen-bond donors (Lipinski definition) is 0. The molecule has 0 bridgehead atoms. The Hall–Kier alpha value is -7.83. The minimum Gasteiger partial charge on any atom is -0.456 e. The topological polar surface area (TPSA) is 61.7 Å². The van der Waals surface area contributed by atoms with Crippen LogP contribution in [-0.2, 0) is 0 Å². The van der Waals surface area contributed by atoms with Crippen molar-refractivity contribution in [2.75, 3.05) is 0 Å². The maximum atomic E-state index is 6.20. The summed E-state index contributed by atoms with van der Waals surface area (Å²) in [5.41, 5.74) is 11.3. The number of rotatable bonds is 5. The van der Waals surface area contributed by atoms with Gasteiger partial charge in [0.1, 0.15) is 11.2 Å². The average molecular weight is 730 g/mol. The fourth-order valence-electron chi connectivity index (χ4n) is 8.63. The first-order valence-corrected chi connectivity index (χ1v) is 19.1. The maximum Gasteiger partial charge on any atom is 0.238 e. The fourth-order valence-corrected chi connectivity index (χ4v) is 8.63. The van der Waals surface area contributed by atoms with Crippen LogP contribution in [0.4, 0.5) is 0 Å². The molecule has 0 saturated carbocycles. The second kappa shape index (κ2) is 12.3. The number of para-hydroxylation sites is 4. The van der Waals surface area contributed by atoms with Crippen molar-refractivity contribution in [3.05, 3.63) is 188 Å². The minimum atomic E-state index is 0.571. The number of nitrogens with zero attached hydrogens (tertiary/aromatic N) is 5. The van der Waals surface area contributed by atoms with E-state index in [1.165, 1.54) is 10.8 Å². The van der Waals surface area contributed by atoms with Crippen molar-refractivity contribution in [1.82, 2.24) is 24.1 Å². The quantitative estimate of drug-likeness (QED) is 0.177. The molecule has 6 heteroatoms. The molecule has 8 aromatic carbocycles. The Labute approximate surface area is 326 Å². The van der Waals surface area contributed by atoms with E-state index in [0.717, 1.165) is 82.7 Å². The molecule has 0 radical (unpaired) electrons. The van der Waals surface area contributed by atoms with E-state index in [2.05, 4.69) is 124 Å². The van der Waals surface area contributed by atoms with Gasteiger partial charge in [0.25, 0.3) is 0 Å². The van der Waals surface area contributed by atoms with Gasteiger partial charge < -0.3 is 8.98 Å². The summed E-state index contributed by atoms with van der Waals surface area (Å²) in [6.07, 6.45) is 0. The molecular weight excluding hydrogens is 699 g/mol. The molecule has 0 N–H and O–H groups in total. The fraction of sp³-hybridized carbons (Fsp3) is 0. The van der Waals surface area contributed by atoms with Gasteiger partial charge in [0.2, 0.25) is 5.95 Å². The molecule has 12 rings (SSSR count). The molecule has 0 spiro atoms. The van der Waals surface area contributed by atoms with Gasteiger partial charge in [-0.15, -0.1) is 0 Å². The largest absolute Gasteiger partial charge is 0.456 e. The van der Waals surface area contributed by atoms with Gasteiger partial charge in [0.15, 0.2) is 11.6 Å². The van der Waals surface area contributed by atoms with Crippen LogP contribution in [0.1, 0.15) is 0 Å². The van der Waals surface area contributed by atoms with Crippen LogP contribution in [-0.4, -0.2) is 24.1 Å². The summed E-state index contributed by atoms with van der Waals surface area (Å²) in [4.78, 5) is 15.4. The van der Waals surface area contributed by atoms with E-state index in [-0.39, 0.29) is 0 Å². The van der Waals surface area contributed by atoms with Crippen LogP contribution in [0.2, 0.25) is 0 Å². The highest BCUT2D eigenvalue weighted by molar-refractivity contribution is 6.16. The van der Waals surface area contributed by atoms with E-state index >= 15 is 0 Å². The van der Waals surface area contributed by atoms with Crippen molar-refractivity contribution in [2.24, 2.45) is 0 Å². The van der Waals surface area contributed by atoms with Crippen LogP contribution in [0, 0.1) is 0 Å². The lowest BCUT2D eigenvalue weighted by atomic mass is 10.00. The zero-order chi connectivity index (χ0) is 37.5. The summed E-state index contributed by atoms with van der Waals surface area (Å²) < 4.78 is 10.8. The average Bonchev–Trinajstić information content (AvgIpc) is 3.94. The van der Waals surface area contributed by atoms with E-state index in [0.29, 0.717) is 17.6 Å². The highest BCUT2D eigenvalue weighted by atomic mass is 16.3. The van der Waals surface area contributed by atoms with Crippen LogP contribution in [0.3, 0.4) is 0 Å². The smallest absolute Gasteiger partial charge is 0.238 e. The minimum absolute atomic E-state index is 0.571. The zero-order valence-corrected chi connectivity index (χ0v) is 30.5. The Bertz CT molecular complexity index is 3470. The Morgan fingerprint density at radius 1 is 0.351 bits per heavy atom. The highest BCUT2D eigenvalue weighted by Gasteiger charge is 2.22. The lowest BCUT2D eigenvalue weighted by molar-refractivity contribution is 0.669. The highest BCUT2D eigenvalue weighted by Crippen LogP contribution is 2.41. The van der Waals surface area contributed by atoms with Gasteiger partial charge in [-0.2, -0.15) is 9.97 Å². The molecule has 0 amide bonds. The molecule has 57 heavy (non-hydrogen) atoms. The van der Waals surface area contributed by atoms with Crippen LogP contribution < -0.4 is 0 Å². The second-order valence-electron chi connectivity index (χ2n) is 14.4. The third-order valence-corrected chi connectivity index (χ3v) is 11.2. The lowest BCUT2D eigenvalue weighted by Crippen LogP contribution is -2.06. The predicted octanol–water partition coefficient (Wildman–Crippen LogP) is 13.0. The van der Waals surface area contributed by atoms with Crippen molar-refractivity contribution < 1.29 is 4.42 Å². The van der Waals surface area contributed by atoms with Crippen molar-refractivity contribution in [1.29, 1.82) is 0 Å². The molecule has 6 nitrogen and oxygen atoms in total. The van der Waals surface area contributed by atoms with Gasteiger partial charge in [-0.3, -0.25) is 4.57 Å². The molecule has 0 aliphatic carbocycles. The van der Waals surface area contributed by atoms with Gasteiger partial charge in [-0.1, -0.05) is 140 Å². The molecule has 4 aromatic heterocycles. The third-order valence-electron chi connectivity index (χ3n) is 11.2. The number of fused-ring (bicyclic) bond motifs is 9. The molecule has 0 aliphatic heterocycles. The van der Waals surface area contributed by atoms with Gasteiger partial charge in [0, 0.05) is 54.7 Å². The monoisotopic (exact) mass is 729 g/mol. The van der Waals surface area contributed by atoms with Crippen LogP contribution in [0.25, 0.3) is 111 Å². The van der Waals surface area contributed by atoms with Crippen molar-refractivity contribution >= 4 is 65.6 Å². The Kier molecular flexibility index (Phi) is 6.83. The van der Waals surface area contributed by atoms with Gasteiger partial charge in [0.05, 0.1) is 22.1 Å². The van der Waals surface area contributed by atoms with Crippen LogP contribution in [0.15, 0.2) is 192 Å². The zero-order valence-electron chi connectivity index (χ0n) is 30.5. The molecule has 0 saturated heterocycles. The van der Waals surface area contributed by atoms with Gasteiger partial charge in [-0.25, -0.2) is 4.98 Å². The number of aromatic nitrogens is 5. The van der Waals surface area contributed by atoms with E-state index in [1.807, 2.05) is 72.8 Å². The summed E-state index contributed by atoms with van der Waals surface area (Å²) in [6.45, 7) is 0. The molecule has 12 aromatic rings. The standard InChI is InChI=1S/C51H31N5O/c1-3-14-32(15-4-1)49-52-50(33-16-5-2-6-17-33)54-51(53-49)56-44-24-11-7-18-37(44)40-22-13-21-36(48(40)56)34-26-28-45-41(30-34)38-19-8-10-23-43(38)55(45)35-27-29-47-42(31-35)39-20-9-12-25-46(39)57-47/h1-31H. The molecule has 266 valence electrons. The normalized spacial score (nSPS) is 11.9. The molecule has 0 aliphatic rings. The van der Waals surface area contributed by atoms with Crippen molar-refractivity contribution in [3.8, 4) is 45.5 Å². The summed E-state index contributed by atoms with van der Waals surface area (Å²) in [6, 6.07) is 65.7. The SMILES string of the molecule is c1ccc(-c2nc(-c3ccccc3)nc(-n3c4ccccc4c4cccc(-c5ccc6c(c5)c5ccccc5n6-c5ccc6oc7ccccc7c6c5)c43)n2)cc1. The maximum absolute atomic E-state index is 6.20. The number of furan rings is 1. The predicted molar refractivity (Wildman–Crippen MR) is 232 cm³/mol. The van der Waals surface area contributed by atoms with E-state index in [4.69, 9.17) is 19.4 Å². The van der Waals surface area contributed by atoms with E-state index in [9.17, 15) is 0 Å². The summed E-state index contributed by atoms with van der Waals surface area (Å²) in [5, 5.41) is 6.86. The third kappa shape index (κ3) is 4.87. The first-order chi connectivity index (χ1) is 28.3. The van der Waals surface area contributed by atoms with Crippen LogP contribution in [0.5, 0.6) is 0 Å². The van der Waals surface area contributed by atoms with Gasteiger partial charge in [-0.05, 0) is 54.1 Å². The first kappa shape index (κ1) is 31.5. The molecule has 0 fully saturated rings. The number of hydrogen-bond acceptors (Lipinski definition) is 4. The summed E-state index contributed by atoms with van der Waals surface area (Å²) in [7, 11) is 0. The second-order valence-corrected chi connectivity index (χ2v) is 14.4. The van der Waals surface area contributed by atoms with Gasteiger partial charge >= 0.3 is 0 Å².